The van der Waals surface area contributed by atoms with E-state index >= 15 is 0 Å². The Labute approximate surface area is 114 Å². The minimum Gasteiger partial charge on any atom is -0.478 e. The number of nitrogens with one attached hydrogen (secondary N) is 1. The molecule has 1 fully saturated rings. The maximum absolute atomic E-state index is 10.7. The SMILES string of the molecule is CCN1CCC(CNCc2ccc(C(=O)O)cc2)C1. The summed E-state index contributed by atoms with van der Waals surface area (Å²) in [7, 11) is 0. The van der Waals surface area contributed by atoms with Crippen LogP contribution < -0.4 is 5.32 Å². The molecule has 0 radical (unpaired) electrons. The van der Waals surface area contributed by atoms with Crippen molar-refractivity contribution in [1.29, 1.82) is 0 Å². The smallest absolute Gasteiger partial charge is 0.335 e. The van der Waals surface area contributed by atoms with Crippen LogP contribution >= 0.6 is 0 Å². The van der Waals surface area contributed by atoms with Gasteiger partial charge in [0.05, 0.1) is 5.56 Å². The Kier molecular flexibility index (Phi) is 4.93. The van der Waals surface area contributed by atoms with Crippen molar-refractivity contribution in [3.63, 3.8) is 0 Å². The summed E-state index contributed by atoms with van der Waals surface area (Å²) in [5, 5.41) is 12.3. The van der Waals surface area contributed by atoms with Crippen LogP contribution in [0, 0.1) is 5.92 Å². The van der Waals surface area contributed by atoms with Gasteiger partial charge in [0.25, 0.3) is 0 Å². The monoisotopic (exact) mass is 262 g/mol. The molecule has 4 heteroatoms. The zero-order valence-corrected chi connectivity index (χ0v) is 11.4. The van der Waals surface area contributed by atoms with E-state index in [4.69, 9.17) is 5.11 Å². The van der Waals surface area contributed by atoms with Crippen LogP contribution in [0.25, 0.3) is 0 Å². The Morgan fingerprint density at radius 3 is 2.74 bits per heavy atom. The summed E-state index contributed by atoms with van der Waals surface area (Å²) in [5.74, 6) is -0.122. The topological polar surface area (TPSA) is 52.6 Å². The van der Waals surface area contributed by atoms with Gasteiger partial charge in [-0.15, -0.1) is 0 Å². The lowest BCUT2D eigenvalue weighted by atomic mass is 10.1. The first kappa shape index (κ1) is 14.0. The summed E-state index contributed by atoms with van der Waals surface area (Å²) >= 11 is 0. The highest BCUT2D eigenvalue weighted by molar-refractivity contribution is 5.87. The zero-order valence-electron chi connectivity index (χ0n) is 11.4. The second-order valence-corrected chi connectivity index (χ2v) is 5.18. The van der Waals surface area contributed by atoms with Crippen LogP contribution in [0.3, 0.4) is 0 Å². The molecule has 0 bridgehead atoms. The third-order valence-electron chi connectivity index (χ3n) is 3.78. The molecule has 1 atom stereocenters. The van der Waals surface area contributed by atoms with Crippen LogP contribution in [0.15, 0.2) is 24.3 Å². The Hall–Kier alpha value is -1.39. The third kappa shape index (κ3) is 4.04. The normalized spacial score (nSPS) is 19.7. The third-order valence-corrected chi connectivity index (χ3v) is 3.78. The second kappa shape index (κ2) is 6.68. The average Bonchev–Trinajstić information content (AvgIpc) is 2.87. The van der Waals surface area contributed by atoms with Gasteiger partial charge in [0.2, 0.25) is 0 Å². The lowest BCUT2D eigenvalue weighted by molar-refractivity contribution is 0.0697. The number of carbonyl (C=O) groups is 1. The standard InChI is InChI=1S/C15H22N2O2/c1-2-17-8-7-13(11-17)10-16-9-12-3-5-14(6-4-12)15(18)19/h3-6,13,16H,2,7-11H2,1H3,(H,18,19). The minimum absolute atomic E-state index is 0.345. The number of hydrogen-bond acceptors (Lipinski definition) is 3. The highest BCUT2D eigenvalue weighted by Crippen LogP contribution is 2.14. The summed E-state index contributed by atoms with van der Waals surface area (Å²) < 4.78 is 0. The molecule has 104 valence electrons. The first-order valence-electron chi connectivity index (χ1n) is 6.94. The molecule has 0 amide bonds. The molecule has 0 saturated carbocycles. The van der Waals surface area contributed by atoms with Crippen LogP contribution in [0.5, 0.6) is 0 Å². The van der Waals surface area contributed by atoms with E-state index in [2.05, 4.69) is 17.1 Å². The van der Waals surface area contributed by atoms with Crippen molar-refractivity contribution >= 4 is 5.97 Å². The molecule has 0 spiro atoms. The van der Waals surface area contributed by atoms with Gasteiger partial charge in [-0.1, -0.05) is 19.1 Å². The molecule has 1 aromatic rings. The minimum atomic E-state index is -0.870. The van der Waals surface area contributed by atoms with Crippen LogP contribution in [0.1, 0.15) is 29.3 Å². The molecule has 4 nitrogen and oxygen atoms in total. The van der Waals surface area contributed by atoms with Crippen molar-refractivity contribution in [1.82, 2.24) is 10.2 Å². The van der Waals surface area contributed by atoms with Crippen molar-refractivity contribution in [2.24, 2.45) is 5.92 Å². The highest BCUT2D eigenvalue weighted by atomic mass is 16.4. The number of rotatable bonds is 6. The molecule has 0 aliphatic carbocycles. The summed E-state index contributed by atoms with van der Waals surface area (Å²) in [5.41, 5.74) is 1.48. The Morgan fingerprint density at radius 1 is 1.42 bits per heavy atom. The van der Waals surface area contributed by atoms with Gasteiger partial charge in [-0.05, 0) is 49.7 Å². The summed E-state index contributed by atoms with van der Waals surface area (Å²) in [6, 6.07) is 7.08. The molecule has 1 saturated heterocycles. The fourth-order valence-corrected chi connectivity index (χ4v) is 2.55. The number of benzene rings is 1. The van der Waals surface area contributed by atoms with E-state index in [0.717, 1.165) is 31.1 Å². The van der Waals surface area contributed by atoms with Gasteiger partial charge in [0.1, 0.15) is 0 Å². The highest BCUT2D eigenvalue weighted by Gasteiger charge is 2.20. The predicted molar refractivity (Wildman–Crippen MR) is 75.3 cm³/mol. The molecular formula is C15H22N2O2. The van der Waals surface area contributed by atoms with Gasteiger partial charge >= 0.3 is 5.97 Å². The first-order chi connectivity index (χ1) is 9.19. The van der Waals surface area contributed by atoms with Crippen LogP contribution in [0.2, 0.25) is 0 Å². The number of likely N-dealkylation sites (tertiary alicyclic amines) is 1. The fourth-order valence-electron chi connectivity index (χ4n) is 2.55. The molecule has 2 N–H and O–H groups in total. The molecule has 1 heterocycles. The van der Waals surface area contributed by atoms with Crippen molar-refractivity contribution < 1.29 is 9.90 Å². The molecule has 1 aliphatic heterocycles. The van der Waals surface area contributed by atoms with Crippen LogP contribution in [0.4, 0.5) is 0 Å². The Bertz CT molecular complexity index is 417. The van der Waals surface area contributed by atoms with Crippen molar-refractivity contribution in [2.75, 3.05) is 26.2 Å². The summed E-state index contributed by atoms with van der Waals surface area (Å²) in [4.78, 5) is 13.2. The van der Waals surface area contributed by atoms with Crippen molar-refractivity contribution in [2.45, 2.75) is 19.9 Å². The van der Waals surface area contributed by atoms with Gasteiger partial charge in [0.15, 0.2) is 0 Å². The number of aromatic carboxylic acids is 1. The summed E-state index contributed by atoms with van der Waals surface area (Å²) in [6.07, 6.45) is 1.28. The molecule has 1 aliphatic rings. The molecule has 19 heavy (non-hydrogen) atoms. The van der Waals surface area contributed by atoms with Crippen LogP contribution in [-0.2, 0) is 6.54 Å². The number of hydrogen-bond donors (Lipinski definition) is 2. The summed E-state index contributed by atoms with van der Waals surface area (Å²) in [6.45, 7) is 7.62. The number of carboxylic acid groups (broad SMARTS) is 1. The molecular weight excluding hydrogens is 240 g/mol. The number of nitrogens with zero attached hydrogens (tertiary/aromatic N) is 1. The van der Waals surface area contributed by atoms with Gasteiger partial charge in [-0.2, -0.15) is 0 Å². The average molecular weight is 262 g/mol. The van der Waals surface area contributed by atoms with Gasteiger partial charge in [-0.3, -0.25) is 0 Å². The van der Waals surface area contributed by atoms with Crippen molar-refractivity contribution in [3.05, 3.63) is 35.4 Å². The fraction of sp³-hybridized carbons (Fsp3) is 0.533. The first-order valence-corrected chi connectivity index (χ1v) is 6.94. The van der Waals surface area contributed by atoms with E-state index in [1.807, 2.05) is 12.1 Å². The van der Waals surface area contributed by atoms with Crippen LogP contribution in [-0.4, -0.2) is 42.2 Å². The van der Waals surface area contributed by atoms with Crippen molar-refractivity contribution in [3.8, 4) is 0 Å². The van der Waals surface area contributed by atoms with E-state index in [-0.39, 0.29) is 0 Å². The van der Waals surface area contributed by atoms with Gasteiger partial charge in [-0.25, -0.2) is 4.79 Å². The molecule has 1 unspecified atom stereocenters. The second-order valence-electron chi connectivity index (χ2n) is 5.18. The maximum Gasteiger partial charge on any atom is 0.335 e. The molecule has 2 rings (SSSR count). The Morgan fingerprint density at radius 2 is 2.16 bits per heavy atom. The van der Waals surface area contributed by atoms with E-state index in [0.29, 0.717) is 5.56 Å². The lowest BCUT2D eigenvalue weighted by Gasteiger charge is -2.13. The number of carboxylic acids is 1. The predicted octanol–water partition coefficient (Wildman–Crippen LogP) is 1.82. The Balaban J connectivity index is 1.72. The molecule has 0 aromatic heterocycles. The van der Waals surface area contributed by atoms with Gasteiger partial charge < -0.3 is 15.3 Å². The van der Waals surface area contributed by atoms with E-state index in [9.17, 15) is 4.79 Å². The largest absolute Gasteiger partial charge is 0.478 e. The lowest BCUT2D eigenvalue weighted by Crippen LogP contribution is -2.26. The van der Waals surface area contributed by atoms with E-state index in [1.165, 1.54) is 19.5 Å². The van der Waals surface area contributed by atoms with E-state index < -0.39 is 5.97 Å². The maximum atomic E-state index is 10.7. The zero-order chi connectivity index (χ0) is 13.7. The van der Waals surface area contributed by atoms with E-state index in [1.54, 1.807) is 12.1 Å². The quantitative estimate of drug-likeness (QED) is 0.821. The molecule has 1 aromatic carbocycles. The van der Waals surface area contributed by atoms with Gasteiger partial charge in [0, 0.05) is 13.1 Å².